The smallest absolute Gasteiger partial charge is 0.264 e. The number of hydrogen-bond donors (Lipinski definition) is 0. The first-order valence-corrected chi connectivity index (χ1v) is 12.6. The number of hydrogen-bond acceptors (Lipinski definition) is 6. The molecule has 0 aliphatic heterocycles. The highest BCUT2D eigenvalue weighted by molar-refractivity contribution is 7.90. The van der Waals surface area contributed by atoms with Crippen LogP contribution in [-0.4, -0.2) is 49.0 Å². The van der Waals surface area contributed by atoms with E-state index in [0.717, 1.165) is 0 Å². The summed E-state index contributed by atoms with van der Waals surface area (Å²) in [6, 6.07) is 8.72. The van der Waals surface area contributed by atoms with Gasteiger partial charge in [0.15, 0.2) is 0 Å². The minimum absolute atomic E-state index is 0.0675. The lowest BCUT2D eigenvalue weighted by Gasteiger charge is -2.24. The van der Waals surface area contributed by atoms with E-state index in [9.17, 15) is 17.6 Å². The number of methoxy groups -OCH3 is 1. The van der Waals surface area contributed by atoms with Crippen molar-refractivity contribution in [2.45, 2.75) is 37.3 Å². The lowest BCUT2D eigenvalue weighted by atomic mass is 10.2. The molecule has 0 fully saturated rings. The standard InChI is InChI=1S/C22H26FN3O4S2/c1-16(2)26-19(14-25(10-11-30-3)21(27)20-5-4-12-31-20)13-24-22(26)32(28,29)15-17-6-8-18(23)9-7-17/h4-9,12-13,16H,10-11,14-15H2,1-3H3. The first kappa shape index (κ1) is 24.1. The predicted molar refractivity (Wildman–Crippen MR) is 121 cm³/mol. The molecule has 2 aromatic heterocycles. The summed E-state index contributed by atoms with van der Waals surface area (Å²) in [5.41, 5.74) is 1.08. The molecule has 0 saturated heterocycles. The van der Waals surface area contributed by atoms with Crippen molar-refractivity contribution in [2.75, 3.05) is 20.3 Å². The molecule has 0 saturated carbocycles. The van der Waals surface area contributed by atoms with Gasteiger partial charge in [-0.15, -0.1) is 11.3 Å². The van der Waals surface area contributed by atoms with Crippen LogP contribution in [0.1, 0.15) is 40.8 Å². The van der Waals surface area contributed by atoms with Crippen molar-refractivity contribution in [1.82, 2.24) is 14.5 Å². The van der Waals surface area contributed by atoms with Crippen molar-refractivity contribution in [3.8, 4) is 0 Å². The third-order valence-corrected chi connectivity index (χ3v) is 7.27. The Hall–Kier alpha value is -2.56. The van der Waals surface area contributed by atoms with Crippen molar-refractivity contribution >= 4 is 27.1 Å². The molecule has 2 heterocycles. The van der Waals surface area contributed by atoms with Crippen LogP contribution in [0.2, 0.25) is 0 Å². The number of thiophene rings is 1. The molecule has 7 nitrogen and oxygen atoms in total. The van der Waals surface area contributed by atoms with Gasteiger partial charge in [0.05, 0.1) is 35.7 Å². The maximum Gasteiger partial charge on any atom is 0.264 e. The normalized spacial score (nSPS) is 11.8. The minimum atomic E-state index is -3.79. The number of carbonyl (C=O) groups excluding carboxylic acids is 1. The third kappa shape index (κ3) is 5.62. The molecule has 0 unspecified atom stereocenters. The Morgan fingerprint density at radius 1 is 1.25 bits per heavy atom. The van der Waals surface area contributed by atoms with Gasteiger partial charge in [-0.2, -0.15) is 0 Å². The molecule has 3 rings (SSSR count). The van der Waals surface area contributed by atoms with Gasteiger partial charge in [-0.1, -0.05) is 18.2 Å². The molecule has 0 aliphatic rings. The van der Waals surface area contributed by atoms with E-state index >= 15 is 0 Å². The Kier molecular flexibility index (Phi) is 7.81. The molecule has 0 spiro atoms. The van der Waals surface area contributed by atoms with Crippen LogP contribution >= 0.6 is 11.3 Å². The van der Waals surface area contributed by atoms with E-state index in [1.165, 1.54) is 41.8 Å². The summed E-state index contributed by atoms with van der Waals surface area (Å²) in [5, 5.41) is 1.77. The fourth-order valence-corrected chi connectivity index (χ4v) is 5.64. The summed E-state index contributed by atoms with van der Waals surface area (Å²) in [7, 11) is -2.23. The molecule has 10 heteroatoms. The average molecular weight is 480 g/mol. The zero-order valence-corrected chi connectivity index (χ0v) is 19.8. The lowest BCUT2D eigenvalue weighted by molar-refractivity contribution is 0.0679. The maximum atomic E-state index is 13.2. The Balaban J connectivity index is 1.91. The van der Waals surface area contributed by atoms with E-state index in [1.807, 2.05) is 25.3 Å². The van der Waals surface area contributed by atoms with Crippen LogP contribution < -0.4 is 0 Å². The van der Waals surface area contributed by atoms with Crippen LogP contribution in [0.4, 0.5) is 4.39 Å². The van der Waals surface area contributed by atoms with Crippen LogP contribution in [0.5, 0.6) is 0 Å². The maximum absolute atomic E-state index is 13.2. The molecule has 0 atom stereocenters. The molecule has 0 aliphatic carbocycles. The van der Waals surface area contributed by atoms with Crippen molar-refractivity contribution < 1.29 is 22.3 Å². The second-order valence-corrected chi connectivity index (χ2v) is 10.4. The Morgan fingerprint density at radius 3 is 2.56 bits per heavy atom. The summed E-state index contributed by atoms with van der Waals surface area (Å²) in [4.78, 5) is 19.4. The number of aromatic nitrogens is 2. The zero-order valence-electron chi connectivity index (χ0n) is 18.2. The second-order valence-electron chi connectivity index (χ2n) is 7.58. The van der Waals surface area contributed by atoms with E-state index in [-0.39, 0.29) is 29.4 Å². The van der Waals surface area contributed by atoms with E-state index in [1.54, 1.807) is 22.6 Å². The molecule has 0 N–H and O–H groups in total. The van der Waals surface area contributed by atoms with Gasteiger partial charge in [-0.25, -0.2) is 17.8 Å². The fraction of sp³-hybridized carbons (Fsp3) is 0.364. The highest BCUT2D eigenvalue weighted by Crippen LogP contribution is 2.24. The van der Waals surface area contributed by atoms with Gasteiger partial charge in [-0.05, 0) is 43.0 Å². The number of benzene rings is 1. The first-order chi connectivity index (χ1) is 15.2. The number of nitrogens with zero attached hydrogens (tertiary/aromatic N) is 3. The van der Waals surface area contributed by atoms with Gasteiger partial charge in [0.25, 0.3) is 5.91 Å². The summed E-state index contributed by atoms with van der Waals surface area (Å²) in [6.45, 7) is 4.62. The molecule has 1 aromatic carbocycles. The second kappa shape index (κ2) is 10.4. The highest BCUT2D eigenvalue weighted by Gasteiger charge is 2.27. The van der Waals surface area contributed by atoms with Gasteiger partial charge < -0.3 is 14.2 Å². The van der Waals surface area contributed by atoms with Gasteiger partial charge in [-0.3, -0.25) is 4.79 Å². The SMILES string of the molecule is COCCN(Cc1cnc(S(=O)(=O)Cc2ccc(F)cc2)n1C(C)C)C(=O)c1cccs1. The Bertz CT molecular complexity index is 1140. The number of imidazole rings is 1. The van der Waals surface area contributed by atoms with Crippen LogP contribution in [0.25, 0.3) is 0 Å². The van der Waals surface area contributed by atoms with Crippen molar-refractivity contribution in [1.29, 1.82) is 0 Å². The first-order valence-electron chi connectivity index (χ1n) is 10.1. The Labute approximate surface area is 191 Å². The van der Waals surface area contributed by atoms with Gasteiger partial charge in [0.1, 0.15) is 5.82 Å². The fourth-order valence-electron chi connectivity index (χ4n) is 3.35. The number of ether oxygens (including phenoxy) is 1. The van der Waals surface area contributed by atoms with Crippen LogP contribution in [-0.2, 0) is 26.9 Å². The third-order valence-electron chi connectivity index (χ3n) is 4.84. The van der Waals surface area contributed by atoms with Gasteiger partial charge in [0, 0.05) is 19.7 Å². The molecular weight excluding hydrogens is 453 g/mol. The quantitative estimate of drug-likeness (QED) is 0.440. The highest BCUT2D eigenvalue weighted by atomic mass is 32.2. The lowest BCUT2D eigenvalue weighted by Crippen LogP contribution is -2.34. The Morgan fingerprint density at radius 2 is 1.97 bits per heavy atom. The average Bonchev–Trinajstić information content (AvgIpc) is 3.42. The summed E-state index contributed by atoms with van der Waals surface area (Å²) in [5.74, 6) is -0.870. The zero-order chi connectivity index (χ0) is 23.3. The molecular formula is C22H26FN3O4S2. The van der Waals surface area contributed by atoms with E-state index in [2.05, 4.69) is 4.98 Å². The van der Waals surface area contributed by atoms with E-state index in [4.69, 9.17) is 4.74 Å². The topological polar surface area (TPSA) is 81.5 Å². The summed E-state index contributed by atoms with van der Waals surface area (Å²) in [6.07, 6.45) is 1.50. The molecule has 172 valence electrons. The van der Waals surface area contributed by atoms with E-state index < -0.39 is 15.7 Å². The number of rotatable bonds is 10. The number of halogens is 1. The molecule has 0 radical (unpaired) electrons. The number of carbonyl (C=O) groups is 1. The number of sulfone groups is 1. The number of amides is 1. The van der Waals surface area contributed by atoms with Crippen LogP contribution in [0.3, 0.4) is 0 Å². The summed E-state index contributed by atoms with van der Waals surface area (Å²) >= 11 is 1.35. The molecule has 3 aromatic rings. The van der Waals surface area contributed by atoms with Crippen LogP contribution in [0, 0.1) is 5.82 Å². The predicted octanol–water partition coefficient (Wildman–Crippen LogP) is 3.93. The molecule has 0 bridgehead atoms. The summed E-state index contributed by atoms with van der Waals surface area (Å²) < 4.78 is 46.2. The van der Waals surface area contributed by atoms with Crippen molar-refractivity contribution in [2.24, 2.45) is 0 Å². The van der Waals surface area contributed by atoms with Crippen molar-refractivity contribution in [3.05, 3.63) is 69.9 Å². The molecule has 32 heavy (non-hydrogen) atoms. The monoisotopic (exact) mass is 479 g/mol. The van der Waals surface area contributed by atoms with Gasteiger partial charge in [0.2, 0.25) is 15.0 Å². The molecule has 1 amide bonds. The van der Waals surface area contributed by atoms with Crippen molar-refractivity contribution in [3.63, 3.8) is 0 Å². The van der Waals surface area contributed by atoms with E-state index in [0.29, 0.717) is 29.3 Å². The van der Waals surface area contributed by atoms with Crippen LogP contribution in [0.15, 0.2) is 53.1 Å². The minimum Gasteiger partial charge on any atom is -0.383 e. The largest absolute Gasteiger partial charge is 0.383 e. The van der Waals surface area contributed by atoms with Gasteiger partial charge >= 0.3 is 0 Å².